The molecule has 7 nitrogen and oxygen atoms in total. The van der Waals surface area contributed by atoms with E-state index >= 15 is 0 Å². The van der Waals surface area contributed by atoms with Crippen molar-refractivity contribution in [2.45, 2.75) is 26.4 Å². The molecular weight excluding hydrogens is 473 g/mol. The molecule has 36 heavy (non-hydrogen) atoms. The van der Waals surface area contributed by atoms with E-state index in [1.54, 1.807) is 6.20 Å². The lowest BCUT2D eigenvalue weighted by atomic mass is 10.1. The van der Waals surface area contributed by atoms with Crippen LogP contribution in [0.3, 0.4) is 0 Å². The number of fused-ring (bicyclic) bond motifs is 1. The van der Waals surface area contributed by atoms with Crippen molar-refractivity contribution in [1.82, 2.24) is 15.3 Å². The number of H-pyrrole nitrogens is 1. The van der Waals surface area contributed by atoms with E-state index in [-0.39, 0.29) is 5.91 Å². The van der Waals surface area contributed by atoms with Gasteiger partial charge in [0.1, 0.15) is 0 Å². The van der Waals surface area contributed by atoms with Crippen LogP contribution in [0.5, 0.6) is 0 Å². The molecule has 0 unspecified atom stereocenters. The van der Waals surface area contributed by atoms with Crippen LogP contribution in [-0.2, 0) is 11.2 Å². The van der Waals surface area contributed by atoms with Crippen LogP contribution < -0.4 is 10.2 Å². The number of hydrogen-bond donors (Lipinski definition) is 3. The first-order valence-electron chi connectivity index (χ1n) is 11.4. The zero-order valence-corrected chi connectivity index (χ0v) is 19.9. The number of halogens is 3. The summed E-state index contributed by atoms with van der Waals surface area (Å²) in [7, 11) is 0. The molecule has 3 N–H and O–H groups in total. The van der Waals surface area contributed by atoms with E-state index in [9.17, 15) is 18.0 Å². The second kappa shape index (κ2) is 11.6. The van der Waals surface area contributed by atoms with E-state index in [1.165, 1.54) is 5.69 Å². The number of aliphatic carboxylic acids is 1. The topological polar surface area (TPSA) is 98.3 Å². The number of aromatic amines is 1. The Labute approximate surface area is 206 Å². The predicted molar refractivity (Wildman–Crippen MR) is 133 cm³/mol. The van der Waals surface area contributed by atoms with Gasteiger partial charge in [0.25, 0.3) is 5.91 Å². The van der Waals surface area contributed by atoms with Gasteiger partial charge in [-0.3, -0.25) is 9.78 Å². The van der Waals surface area contributed by atoms with Gasteiger partial charge in [-0.1, -0.05) is 18.2 Å². The summed E-state index contributed by atoms with van der Waals surface area (Å²) in [5.41, 5.74) is 6.99. The number of carboxylic acids is 1. The molecule has 0 saturated heterocycles. The van der Waals surface area contributed by atoms with E-state index in [1.807, 2.05) is 24.3 Å². The molecule has 0 fully saturated rings. The first-order valence-corrected chi connectivity index (χ1v) is 11.4. The van der Waals surface area contributed by atoms with E-state index in [4.69, 9.17) is 9.90 Å². The summed E-state index contributed by atoms with van der Waals surface area (Å²) >= 11 is 0. The third kappa shape index (κ3) is 6.74. The molecule has 10 heteroatoms. The number of alkyl halides is 3. The van der Waals surface area contributed by atoms with Crippen LogP contribution in [0.1, 0.15) is 41.2 Å². The number of nitrogens with zero attached hydrogens (tertiary/aromatic N) is 2. The van der Waals surface area contributed by atoms with Gasteiger partial charge < -0.3 is 20.3 Å². The molecule has 0 bridgehead atoms. The molecule has 0 saturated carbocycles. The van der Waals surface area contributed by atoms with Crippen molar-refractivity contribution in [2.75, 3.05) is 24.5 Å². The number of hydrogen-bond acceptors (Lipinski definition) is 4. The Bertz CT molecular complexity index is 1230. The van der Waals surface area contributed by atoms with Crippen LogP contribution in [0.15, 0.2) is 48.7 Å². The van der Waals surface area contributed by atoms with Gasteiger partial charge >= 0.3 is 12.1 Å². The molecule has 2 aromatic heterocycles. The fraction of sp³-hybridized carbons (Fsp3) is 0.269. The summed E-state index contributed by atoms with van der Waals surface area (Å²) in [6.07, 6.45) is 1.65. The lowest BCUT2D eigenvalue weighted by Gasteiger charge is -2.20. The fourth-order valence-corrected chi connectivity index (χ4v) is 3.72. The zero-order chi connectivity index (χ0) is 26.3. The summed E-state index contributed by atoms with van der Waals surface area (Å²) < 4.78 is 31.7. The normalized spacial score (nSPS) is 13.0. The number of aromatic nitrogens is 2. The SMILES string of the molecule is CCN(CC)c1ccc(C=Cc2cc(-c3cc4c([nH]3)CCNC4=O)ccn2)cc1.O=C(O)C(F)(F)F. The van der Waals surface area contributed by atoms with E-state index < -0.39 is 12.1 Å². The first-order chi connectivity index (χ1) is 17.1. The van der Waals surface area contributed by atoms with Crippen molar-refractivity contribution >= 4 is 29.7 Å². The van der Waals surface area contributed by atoms with Crippen molar-refractivity contribution in [3.05, 3.63) is 71.2 Å². The molecule has 1 amide bonds. The molecule has 1 aromatic carbocycles. The highest BCUT2D eigenvalue weighted by atomic mass is 19.4. The Kier molecular flexibility index (Phi) is 8.52. The highest BCUT2D eigenvalue weighted by Crippen LogP contribution is 2.25. The van der Waals surface area contributed by atoms with Gasteiger partial charge in [0.05, 0.1) is 11.3 Å². The van der Waals surface area contributed by atoms with Crippen LogP contribution >= 0.6 is 0 Å². The minimum Gasteiger partial charge on any atom is -0.475 e. The highest BCUT2D eigenvalue weighted by Gasteiger charge is 2.38. The number of amides is 1. The minimum absolute atomic E-state index is 0.00363. The molecule has 4 rings (SSSR count). The highest BCUT2D eigenvalue weighted by molar-refractivity contribution is 5.97. The van der Waals surface area contributed by atoms with Gasteiger partial charge in [-0.2, -0.15) is 13.2 Å². The summed E-state index contributed by atoms with van der Waals surface area (Å²) in [4.78, 5) is 31.1. The second-order valence-electron chi connectivity index (χ2n) is 7.95. The molecule has 3 aromatic rings. The Balaban J connectivity index is 0.000000454. The van der Waals surface area contributed by atoms with Gasteiger partial charge in [-0.25, -0.2) is 4.79 Å². The van der Waals surface area contributed by atoms with E-state index in [0.717, 1.165) is 53.3 Å². The Hall–Kier alpha value is -4.08. The number of anilines is 1. The molecule has 0 spiro atoms. The fourth-order valence-electron chi connectivity index (χ4n) is 3.72. The molecular formula is C26H27F3N4O3. The van der Waals surface area contributed by atoms with Crippen molar-refractivity contribution in [1.29, 1.82) is 0 Å². The van der Waals surface area contributed by atoms with Crippen LogP contribution in [0, 0.1) is 0 Å². The Morgan fingerprint density at radius 1 is 1.11 bits per heavy atom. The predicted octanol–water partition coefficient (Wildman–Crippen LogP) is 5.01. The van der Waals surface area contributed by atoms with E-state index in [0.29, 0.717) is 6.54 Å². The lowest BCUT2D eigenvalue weighted by Crippen LogP contribution is -2.31. The third-order valence-corrected chi connectivity index (χ3v) is 5.61. The first kappa shape index (κ1) is 26.5. The lowest BCUT2D eigenvalue weighted by molar-refractivity contribution is -0.192. The average molecular weight is 501 g/mol. The number of benzene rings is 1. The van der Waals surface area contributed by atoms with Gasteiger partial charge in [0.2, 0.25) is 0 Å². The smallest absolute Gasteiger partial charge is 0.475 e. The average Bonchev–Trinajstić information content (AvgIpc) is 3.30. The van der Waals surface area contributed by atoms with Gasteiger partial charge in [0, 0.05) is 54.9 Å². The Morgan fingerprint density at radius 3 is 2.36 bits per heavy atom. The molecule has 190 valence electrons. The van der Waals surface area contributed by atoms with Crippen LogP contribution in [0.2, 0.25) is 0 Å². The molecule has 0 radical (unpaired) electrons. The van der Waals surface area contributed by atoms with Crippen LogP contribution in [0.25, 0.3) is 23.4 Å². The summed E-state index contributed by atoms with van der Waals surface area (Å²) in [6, 6.07) is 14.5. The monoisotopic (exact) mass is 500 g/mol. The minimum atomic E-state index is -5.08. The number of carbonyl (C=O) groups excluding carboxylic acids is 1. The number of nitrogens with one attached hydrogen (secondary N) is 2. The molecule has 1 aliphatic heterocycles. The van der Waals surface area contributed by atoms with Crippen molar-refractivity contribution in [3.8, 4) is 11.3 Å². The van der Waals surface area contributed by atoms with Crippen LogP contribution in [-0.4, -0.2) is 52.8 Å². The van der Waals surface area contributed by atoms with Gasteiger partial charge in [-0.05, 0) is 55.8 Å². The van der Waals surface area contributed by atoms with Gasteiger partial charge in [0.15, 0.2) is 0 Å². The molecule has 0 aliphatic carbocycles. The number of rotatable bonds is 6. The number of carbonyl (C=O) groups is 2. The standard InChI is InChI=1S/C24H26N4O.C2HF3O2/c1-3-28(4-2)20-9-6-17(7-10-20)5-8-19-15-18(11-13-25-19)23-16-21-22(27-23)12-14-26-24(21)29;3-2(4,5)1(6)7/h5-11,13,15-16,27H,3-4,12,14H2,1-2H3,(H,26,29);(H,6,7). The second-order valence-corrected chi connectivity index (χ2v) is 7.95. The number of pyridine rings is 1. The van der Waals surface area contributed by atoms with Crippen molar-refractivity contribution < 1.29 is 27.9 Å². The molecule has 0 atom stereocenters. The van der Waals surface area contributed by atoms with Gasteiger partial charge in [-0.15, -0.1) is 0 Å². The maximum absolute atomic E-state index is 12.0. The van der Waals surface area contributed by atoms with E-state index in [2.05, 4.69) is 64.4 Å². The maximum Gasteiger partial charge on any atom is 0.490 e. The maximum atomic E-state index is 12.0. The quantitative estimate of drug-likeness (QED) is 0.442. The third-order valence-electron chi connectivity index (χ3n) is 5.61. The summed E-state index contributed by atoms with van der Waals surface area (Å²) in [5, 5.41) is 10.0. The van der Waals surface area contributed by atoms with Crippen LogP contribution in [0.4, 0.5) is 18.9 Å². The zero-order valence-electron chi connectivity index (χ0n) is 19.9. The number of carboxylic acid groups (broad SMARTS) is 1. The summed E-state index contributed by atoms with van der Waals surface area (Å²) in [5.74, 6) is -2.76. The van der Waals surface area contributed by atoms with Crippen molar-refractivity contribution in [2.24, 2.45) is 0 Å². The Morgan fingerprint density at radius 2 is 1.78 bits per heavy atom. The molecule has 1 aliphatic rings. The largest absolute Gasteiger partial charge is 0.490 e. The van der Waals surface area contributed by atoms with Crippen molar-refractivity contribution in [3.63, 3.8) is 0 Å². The molecule has 3 heterocycles. The summed E-state index contributed by atoms with van der Waals surface area (Å²) in [6.45, 7) is 7.04.